The minimum absolute atomic E-state index is 0.0167. The Morgan fingerprint density at radius 1 is 0.641 bits per heavy atom. The van der Waals surface area contributed by atoms with Gasteiger partial charge in [-0.3, -0.25) is 4.98 Å². The molecule has 0 atom stereocenters. The minimum atomic E-state index is -4.84. The molecule has 346 valence electrons. The Balaban J connectivity index is 0.000000273. The van der Waals surface area contributed by atoms with E-state index in [-0.39, 0.29) is 63.9 Å². The predicted octanol–water partition coefficient (Wildman–Crippen LogP) is 11.1. The predicted molar refractivity (Wildman–Crippen MR) is 224 cm³/mol. The lowest BCUT2D eigenvalue weighted by atomic mass is 9.90. The molecule has 0 spiro atoms. The van der Waals surface area contributed by atoms with Gasteiger partial charge in [0.15, 0.2) is 23.0 Å². The van der Waals surface area contributed by atoms with Crippen LogP contribution in [0.25, 0.3) is 6.08 Å². The van der Waals surface area contributed by atoms with Gasteiger partial charge in [-0.2, -0.15) is 0 Å². The van der Waals surface area contributed by atoms with Crippen molar-refractivity contribution in [2.75, 3.05) is 28.4 Å². The van der Waals surface area contributed by atoms with Crippen molar-refractivity contribution < 1.29 is 83.1 Å². The first-order chi connectivity index (χ1) is 29.9. The fraction of sp³-hybridized carbons (Fsp3) is 0.333. The van der Waals surface area contributed by atoms with E-state index in [9.17, 15) is 35.9 Å². The molecule has 0 aliphatic carbocycles. The van der Waals surface area contributed by atoms with E-state index in [1.54, 1.807) is 19.1 Å². The second kappa shape index (κ2) is 22.6. The number of hydrogen-bond donors (Lipinski definition) is 0. The zero-order valence-corrected chi connectivity index (χ0v) is 37.7. The standard InChI is InChI=1S/C18H16F3NO5.C15H11BrF3NO5.C9H17BO2/c1-4-5-11-8-15(13(10-22-11)17(23)25-3)26-14-7-6-12(9-16(14)24-2)27-18(19,20)21;1-22-12-5-8(25-15(17,18)19)3-4-10(12)24-11-6-13(16)20-7-9(11)14(21)23-2;1-6-7-10-11-8(2,3)9(4,5)12-10/h4-10H,1-3H3;3-7H,1-2H3;6-7H,1-5H3/b5-4+;;7-6+. The van der Waals surface area contributed by atoms with Gasteiger partial charge in [-0.25, -0.2) is 14.6 Å². The maximum Gasteiger partial charge on any atom is 0.573 e. The molecular weight excluding hydrogens is 929 g/mol. The number of carbonyl (C=O) groups is 2. The van der Waals surface area contributed by atoms with Gasteiger partial charge < -0.3 is 47.2 Å². The first kappa shape index (κ1) is 52.3. The molecule has 5 rings (SSSR count). The second-order valence-corrected chi connectivity index (χ2v) is 14.5. The molecule has 0 bridgehead atoms. The molecule has 3 heterocycles. The van der Waals surface area contributed by atoms with Crippen molar-refractivity contribution in [2.24, 2.45) is 0 Å². The summed E-state index contributed by atoms with van der Waals surface area (Å²) in [4.78, 5) is 31.7. The fourth-order valence-corrected chi connectivity index (χ4v) is 5.35. The average Bonchev–Trinajstić information content (AvgIpc) is 3.42. The smallest absolute Gasteiger partial charge is 0.493 e. The van der Waals surface area contributed by atoms with Crippen molar-refractivity contribution in [2.45, 2.75) is 65.5 Å². The number of pyridine rings is 2. The molecule has 2 aromatic carbocycles. The Morgan fingerprint density at radius 3 is 1.47 bits per heavy atom. The van der Waals surface area contributed by atoms with Crippen LogP contribution >= 0.6 is 15.9 Å². The summed E-state index contributed by atoms with van der Waals surface area (Å²) in [5.41, 5.74) is 0.164. The van der Waals surface area contributed by atoms with Crippen LogP contribution in [0.15, 0.2) is 83.7 Å². The number of rotatable bonds is 12. The quantitative estimate of drug-likeness (QED) is 0.0573. The largest absolute Gasteiger partial charge is 0.573 e. The van der Waals surface area contributed by atoms with E-state index in [0.717, 1.165) is 24.3 Å². The molecule has 0 unspecified atom stereocenters. The molecule has 2 aromatic heterocycles. The topological polar surface area (TPSA) is 152 Å². The Morgan fingerprint density at radius 2 is 1.08 bits per heavy atom. The van der Waals surface area contributed by atoms with E-state index >= 15 is 0 Å². The van der Waals surface area contributed by atoms with Crippen LogP contribution in [-0.4, -0.2) is 81.4 Å². The Bertz CT molecular complexity index is 2270. The number of ether oxygens (including phenoxy) is 8. The van der Waals surface area contributed by atoms with Crippen LogP contribution in [0.3, 0.4) is 0 Å². The van der Waals surface area contributed by atoms with Gasteiger partial charge in [-0.1, -0.05) is 18.1 Å². The summed E-state index contributed by atoms with van der Waals surface area (Å²) in [6.07, 6.45) is -1.77. The van der Waals surface area contributed by atoms with Crippen LogP contribution in [0.2, 0.25) is 0 Å². The molecule has 4 aromatic rings. The van der Waals surface area contributed by atoms with Gasteiger partial charge in [0.1, 0.15) is 38.7 Å². The third-order valence-electron chi connectivity index (χ3n) is 8.67. The summed E-state index contributed by atoms with van der Waals surface area (Å²) < 4.78 is 124. The highest BCUT2D eigenvalue weighted by molar-refractivity contribution is 9.10. The molecular formula is C42H44BBrF6N2O12. The maximum atomic E-state index is 12.4. The van der Waals surface area contributed by atoms with Gasteiger partial charge in [0.2, 0.25) is 0 Å². The van der Waals surface area contributed by atoms with Crippen molar-refractivity contribution >= 4 is 41.1 Å². The third kappa shape index (κ3) is 15.4. The molecule has 0 amide bonds. The van der Waals surface area contributed by atoms with Crippen molar-refractivity contribution in [3.8, 4) is 46.0 Å². The molecule has 1 aliphatic rings. The van der Waals surface area contributed by atoms with Crippen LogP contribution in [0.5, 0.6) is 46.0 Å². The number of benzene rings is 2. The number of methoxy groups -OCH3 is 4. The van der Waals surface area contributed by atoms with E-state index in [1.807, 2.05) is 19.0 Å². The number of alkyl halides is 6. The van der Waals surface area contributed by atoms with E-state index in [0.29, 0.717) is 10.3 Å². The summed E-state index contributed by atoms with van der Waals surface area (Å²) in [5, 5.41) is 0. The summed E-state index contributed by atoms with van der Waals surface area (Å²) >= 11 is 3.14. The number of nitrogens with zero attached hydrogens (tertiary/aromatic N) is 2. The van der Waals surface area contributed by atoms with Crippen LogP contribution in [-0.2, 0) is 18.8 Å². The van der Waals surface area contributed by atoms with Crippen molar-refractivity contribution in [1.29, 1.82) is 0 Å². The SMILES string of the molecule is C/C=C/B1OC(C)(C)C(C)(C)O1.C/C=C/c1cc(Oc2ccc(OC(F)(F)F)cc2OC)c(C(=O)OC)cn1.COC(=O)c1cnc(Br)cc1Oc1ccc(OC(F)(F)F)cc1OC. The number of aromatic nitrogens is 2. The number of allylic oxidation sites excluding steroid dienone is 2. The highest BCUT2D eigenvalue weighted by Crippen LogP contribution is 2.40. The third-order valence-corrected chi connectivity index (χ3v) is 9.10. The van der Waals surface area contributed by atoms with Gasteiger partial charge in [0.25, 0.3) is 0 Å². The summed E-state index contributed by atoms with van der Waals surface area (Å²) in [7, 11) is 4.73. The highest BCUT2D eigenvalue weighted by Gasteiger charge is 2.50. The van der Waals surface area contributed by atoms with Crippen LogP contribution in [0.1, 0.15) is 68.0 Å². The van der Waals surface area contributed by atoms with Gasteiger partial charge in [0, 0.05) is 36.7 Å². The first-order valence-corrected chi connectivity index (χ1v) is 19.4. The molecule has 0 N–H and O–H groups in total. The molecule has 22 heteroatoms. The Hall–Kier alpha value is -6.00. The zero-order valence-electron chi connectivity index (χ0n) is 36.1. The van der Waals surface area contributed by atoms with Crippen molar-refractivity contribution in [1.82, 2.24) is 9.97 Å². The van der Waals surface area contributed by atoms with E-state index in [2.05, 4.69) is 67.8 Å². The van der Waals surface area contributed by atoms with Gasteiger partial charge >= 0.3 is 31.8 Å². The Kier molecular flexibility index (Phi) is 18.5. The zero-order chi connectivity index (χ0) is 48.0. The van der Waals surface area contributed by atoms with Gasteiger partial charge in [0.05, 0.1) is 45.3 Å². The lowest BCUT2D eigenvalue weighted by Gasteiger charge is -2.32. The summed E-state index contributed by atoms with van der Waals surface area (Å²) in [6, 6.07) is 9.51. The first-order valence-electron chi connectivity index (χ1n) is 18.6. The molecule has 64 heavy (non-hydrogen) atoms. The molecule has 1 fully saturated rings. The van der Waals surface area contributed by atoms with Gasteiger partial charge in [-0.15, -0.1) is 26.3 Å². The highest BCUT2D eigenvalue weighted by atomic mass is 79.9. The second-order valence-electron chi connectivity index (χ2n) is 13.7. The van der Waals surface area contributed by atoms with E-state index < -0.39 is 36.2 Å². The molecule has 1 saturated heterocycles. The van der Waals surface area contributed by atoms with E-state index in [4.69, 9.17) is 33.0 Å². The number of halogens is 7. The van der Waals surface area contributed by atoms with Crippen molar-refractivity contribution in [3.63, 3.8) is 0 Å². The lowest BCUT2D eigenvalue weighted by molar-refractivity contribution is -0.275. The minimum Gasteiger partial charge on any atom is -0.493 e. The molecule has 0 radical (unpaired) electrons. The fourth-order valence-electron chi connectivity index (χ4n) is 5.04. The molecule has 0 saturated carbocycles. The molecule has 14 nitrogen and oxygen atoms in total. The van der Waals surface area contributed by atoms with Crippen LogP contribution in [0.4, 0.5) is 26.3 Å². The average molecular weight is 974 g/mol. The van der Waals surface area contributed by atoms with E-state index in [1.165, 1.54) is 65.1 Å². The van der Waals surface area contributed by atoms with Crippen molar-refractivity contribution in [3.05, 3.63) is 100 Å². The number of hydrogen-bond acceptors (Lipinski definition) is 14. The number of esters is 2. The van der Waals surface area contributed by atoms with Gasteiger partial charge in [-0.05, 0) is 87.8 Å². The number of carbonyl (C=O) groups excluding carboxylic acids is 2. The molecule has 1 aliphatic heterocycles. The lowest BCUT2D eigenvalue weighted by Crippen LogP contribution is -2.41. The van der Waals surface area contributed by atoms with Crippen LogP contribution < -0.4 is 28.4 Å². The maximum absolute atomic E-state index is 12.4. The normalized spacial score (nSPS) is 14.1. The monoisotopic (exact) mass is 972 g/mol. The Labute approximate surface area is 373 Å². The van der Waals surface area contributed by atoms with Crippen LogP contribution in [0, 0.1) is 0 Å². The summed E-state index contributed by atoms with van der Waals surface area (Å²) in [6.45, 7) is 12.0. The summed E-state index contributed by atoms with van der Waals surface area (Å²) in [5.74, 6) is -0.0883.